The predicted molar refractivity (Wildman–Crippen MR) is 76.1 cm³/mol. The zero-order chi connectivity index (χ0) is 12.3. The van der Waals surface area contributed by atoms with Crippen LogP contribution >= 0.6 is 22.6 Å². The molecule has 1 aromatic heterocycles. The number of rotatable bonds is 3. The molecule has 0 amide bonds. The van der Waals surface area contributed by atoms with E-state index in [4.69, 9.17) is 10.5 Å². The summed E-state index contributed by atoms with van der Waals surface area (Å²) in [5.41, 5.74) is 6.79. The fraction of sp³-hybridized carbons (Fsp3) is 0.154. The molecule has 17 heavy (non-hydrogen) atoms. The number of hydrogen-bond acceptors (Lipinski definition) is 3. The molecule has 88 valence electrons. The molecule has 0 saturated heterocycles. The van der Waals surface area contributed by atoms with Crippen molar-refractivity contribution in [3.8, 4) is 11.6 Å². The van der Waals surface area contributed by atoms with Crippen LogP contribution in [0.5, 0.6) is 11.6 Å². The number of aromatic nitrogens is 1. The van der Waals surface area contributed by atoms with Gasteiger partial charge in [0.25, 0.3) is 0 Å². The summed E-state index contributed by atoms with van der Waals surface area (Å²) in [6.07, 6.45) is 1.70. The second kappa shape index (κ2) is 5.46. The summed E-state index contributed by atoms with van der Waals surface area (Å²) in [6, 6.07) is 11.5. The highest BCUT2D eigenvalue weighted by molar-refractivity contribution is 14.1. The molecule has 1 aromatic carbocycles. The maximum absolute atomic E-state index is 5.88. The first-order chi connectivity index (χ1) is 8.16. The molecule has 2 rings (SSSR count). The second-order valence-electron chi connectivity index (χ2n) is 3.75. The van der Waals surface area contributed by atoms with Gasteiger partial charge >= 0.3 is 0 Å². The van der Waals surface area contributed by atoms with E-state index in [0.717, 1.165) is 14.9 Å². The molecule has 4 heteroatoms. The molecular formula is C13H13IN2O. The van der Waals surface area contributed by atoms with Gasteiger partial charge in [-0.2, -0.15) is 0 Å². The van der Waals surface area contributed by atoms with E-state index in [1.54, 1.807) is 6.20 Å². The minimum Gasteiger partial charge on any atom is -0.439 e. The Bertz CT molecular complexity index is 514. The van der Waals surface area contributed by atoms with Gasteiger partial charge < -0.3 is 10.5 Å². The fourth-order valence-electron chi connectivity index (χ4n) is 1.48. The van der Waals surface area contributed by atoms with E-state index in [0.29, 0.717) is 5.88 Å². The Labute approximate surface area is 114 Å². The summed E-state index contributed by atoms with van der Waals surface area (Å²) < 4.78 is 6.88. The molecule has 0 unspecified atom stereocenters. The smallest absolute Gasteiger partial charge is 0.223 e. The minimum atomic E-state index is -0.0958. The Morgan fingerprint density at radius 3 is 2.82 bits per heavy atom. The van der Waals surface area contributed by atoms with Crippen molar-refractivity contribution < 1.29 is 4.74 Å². The molecule has 0 aliphatic carbocycles. The third-order valence-corrected chi connectivity index (χ3v) is 2.97. The van der Waals surface area contributed by atoms with E-state index in [9.17, 15) is 0 Å². The van der Waals surface area contributed by atoms with Crippen molar-refractivity contribution in [2.45, 2.75) is 13.0 Å². The summed E-state index contributed by atoms with van der Waals surface area (Å²) in [5, 5.41) is 0. The van der Waals surface area contributed by atoms with Crippen molar-refractivity contribution in [1.29, 1.82) is 0 Å². The highest BCUT2D eigenvalue weighted by Gasteiger charge is 2.09. The summed E-state index contributed by atoms with van der Waals surface area (Å²) in [5.74, 6) is 1.35. The van der Waals surface area contributed by atoms with Gasteiger partial charge in [-0.3, -0.25) is 0 Å². The quantitative estimate of drug-likeness (QED) is 0.870. The molecule has 0 bridgehead atoms. The molecule has 0 fully saturated rings. The van der Waals surface area contributed by atoms with Crippen LogP contribution in [0.15, 0.2) is 42.6 Å². The van der Waals surface area contributed by atoms with Gasteiger partial charge in [-0.15, -0.1) is 0 Å². The minimum absolute atomic E-state index is 0.0958. The Kier molecular flexibility index (Phi) is 3.96. The number of nitrogens with two attached hydrogens (primary N) is 1. The molecule has 0 aliphatic heterocycles. The molecule has 0 saturated carbocycles. The van der Waals surface area contributed by atoms with Gasteiger partial charge in [0.15, 0.2) is 0 Å². The first-order valence-electron chi connectivity index (χ1n) is 5.31. The largest absolute Gasteiger partial charge is 0.439 e. The van der Waals surface area contributed by atoms with E-state index >= 15 is 0 Å². The lowest BCUT2D eigenvalue weighted by Gasteiger charge is -2.12. The van der Waals surface area contributed by atoms with Crippen molar-refractivity contribution in [3.63, 3.8) is 0 Å². The standard InChI is InChI=1S/C13H13IN2O/c1-9(15)12-6-3-7-16-13(12)17-11-5-2-4-10(14)8-11/h2-9H,15H2,1H3/t9-/m1/s1. The lowest BCUT2D eigenvalue weighted by Crippen LogP contribution is -2.07. The van der Waals surface area contributed by atoms with Crippen LogP contribution in [-0.2, 0) is 0 Å². The molecule has 1 heterocycles. The lowest BCUT2D eigenvalue weighted by atomic mass is 10.1. The maximum atomic E-state index is 5.88. The number of nitrogens with zero attached hydrogens (tertiary/aromatic N) is 1. The molecule has 3 nitrogen and oxygen atoms in total. The van der Waals surface area contributed by atoms with Gasteiger partial charge in [0, 0.05) is 21.4 Å². The summed E-state index contributed by atoms with van der Waals surface area (Å²) in [4.78, 5) is 4.22. The molecule has 0 spiro atoms. The van der Waals surface area contributed by atoms with Crippen LogP contribution in [0.2, 0.25) is 0 Å². The zero-order valence-electron chi connectivity index (χ0n) is 9.43. The number of ether oxygens (including phenoxy) is 1. The molecular weight excluding hydrogens is 327 g/mol. The van der Waals surface area contributed by atoms with Gasteiger partial charge in [-0.1, -0.05) is 12.1 Å². The Balaban J connectivity index is 2.30. The highest BCUT2D eigenvalue weighted by Crippen LogP contribution is 2.26. The van der Waals surface area contributed by atoms with E-state index < -0.39 is 0 Å². The van der Waals surface area contributed by atoms with E-state index in [1.165, 1.54) is 0 Å². The van der Waals surface area contributed by atoms with Gasteiger partial charge in [0.1, 0.15) is 5.75 Å². The average Bonchev–Trinajstić information content (AvgIpc) is 2.29. The van der Waals surface area contributed by atoms with Crippen molar-refractivity contribution in [2.75, 3.05) is 0 Å². The Morgan fingerprint density at radius 2 is 2.12 bits per heavy atom. The SMILES string of the molecule is C[C@@H](N)c1cccnc1Oc1cccc(I)c1. The van der Waals surface area contributed by atoms with Crippen LogP contribution in [0, 0.1) is 3.57 Å². The Hall–Kier alpha value is -1.14. The van der Waals surface area contributed by atoms with E-state index in [-0.39, 0.29) is 6.04 Å². The molecule has 2 aromatic rings. The van der Waals surface area contributed by atoms with Gasteiger partial charge in [0.2, 0.25) is 5.88 Å². The number of halogens is 1. The third kappa shape index (κ3) is 3.17. The summed E-state index contributed by atoms with van der Waals surface area (Å²) in [6.45, 7) is 1.92. The topological polar surface area (TPSA) is 48.1 Å². The van der Waals surface area contributed by atoms with Crippen LogP contribution < -0.4 is 10.5 Å². The van der Waals surface area contributed by atoms with Crippen molar-refractivity contribution >= 4 is 22.6 Å². The average molecular weight is 340 g/mol. The van der Waals surface area contributed by atoms with E-state index in [2.05, 4.69) is 27.6 Å². The van der Waals surface area contributed by atoms with Crippen molar-refractivity contribution in [1.82, 2.24) is 4.98 Å². The van der Waals surface area contributed by atoms with E-state index in [1.807, 2.05) is 43.3 Å². The number of benzene rings is 1. The zero-order valence-corrected chi connectivity index (χ0v) is 11.6. The Morgan fingerprint density at radius 1 is 1.29 bits per heavy atom. The van der Waals surface area contributed by atoms with Crippen LogP contribution in [0.4, 0.5) is 0 Å². The van der Waals surface area contributed by atoms with Crippen LogP contribution in [-0.4, -0.2) is 4.98 Å². The molecule has 2 N–H and O–H groups in total. The lowest BCUT2D eigenvalue weighted by molar-refractivity contribution is 0.452. The molecule has 0 radical (unpaired) electrons. The van der Waals surface area contributed by atoms with Crippen LogP contribution in [0.1, 0.15) is 18.5 Å². The third-order valence-electron chi connectivity index (χ3n) is 2.30. The number of pyridine rings is 1. The van der Waals surface area contributed by atoms with Gasteiger partial charge in [-0.25, -0.2) is 4.98 Å². The van der Waals surface area contributed by atoms with Crippen LogP contribution in [0.3, 0.4) is 0 Å². The van der Waals surface area contributed by atoms with Crippen LogP contribution in [0.25, 0.3) is 0 Å². The normalized spacial score (nSPS) is 12.2. The monoisotopic (exact) mass is 340 g/mol. The van der Waals surface area contributed by atoms with Gasteiger partial charge in [-0.05, 0) is 53.8 Å². The first kappa shape index (κ1) is 12.3. The fourth-order valence-corrected chi connectivity index (χ4v) is 1.99. The maximum Gasteiger partial charge on any atom is 0.223 e. The van der Waals surface area contributed by atoms with Crippen molar-refractivity contribution in [3.05, 3.63) is 51.7 Å². The second-order valence-corrected chi connectivity index (χ2v) is 4.99. The molecule has 0 aliphatic rings. The summed E-state index contributed by atoms with van der Waals surface area (Å²) in [7, 11) is 0. The predicted octanol–water partition coefficient (Wildman–Crippen LogP) is 3.50. The molecule has 1 atom stereocenters. The summed E-state index contributed by atoms with van der Waals surface area (Å²) >= 11 is 2.25. The first-order valence-corrected chi connectivity index (χ1v) is 6.38. The highest BCUT2D eigenvalue weighted by atomic mass is 127. The van der Waals surface area contributed by atoms with Gasteiger partial charge in [0.05, 0.1) is 0 Å². The number of hydrogen-bond donors (Lipinski definition) is 1. The van der Waals surface area contributed by atoms with Crippen molar-refractivity contribution in [2.24, 2.45) is 5.73 Å².